The normalized spacial score (nSPS) is 9.93. The molecule has 0 aliphatic rings. The Morgan fingerprint density at radius 3 is 1.51 bits per heavy atom. The molecule has 2 aromatic heterocycles. The molecule has 360 valence electrons. The van der Waals surface area contributed by atoms with Gasteiger partial charge in [0.2, 0.25) is 0 Å². The number of aliphatic imine (C=N–C) groups is 2. The van der Waals surface area contributed by atoms with E-state index in [2.05, 4.69) is 23.3 Å². The first-order valence-corrected chi connectivity index (χ1v) is 20.6. The third-order valence-corrected chi connectivity index (χ3v) is 9.70. The fourth-order valence-corrected chi connectivity index (χ4v) is 6.23. The van der Waals surface area contributed by atoms with E-state index in [4.69, 9.17) is 22.4 Å². The van der Waals surface area contributed by atoms with Gasteiger partial charge >= 0.3 is 11.4 Å². The van der Waals surface area contributed by atoms with E-state index < -0.39 is 34.1 Å². The van der Waals surface area contributed by atoms with Crippen molar-refractivity contribution in [1.82, 2.24) is 28.5 Å². The van der Waals surface area contributed by atoms with E-state index >= 15 is 0 Å². The minimum atomic E-state index is -0.742. The molecule has 6 rings (SSSR count). The predicted molar refractivity (Wildman–Crippen MR) is 287 cm³/mol. The Bertz CT molecular complexity index is 2740. The number of aromatic amines is 1. The molecule has 0 saturated carbocycles. The molecule has 0 fully saturated rings. The van der Waals surface area contributed by atoms with Crippen LogP contribution < -0.4 is 32.0 Å². The van der Waals surface area contributed by atoms with Gasteiger partial charge in [0, 0.05) is 92.8 Å². The molecule has 0 bridgehead atoms. The van der Waals surface area contributed by atoms with E-state index in [1.54, 1.807) is 88.6 Å². The third kappa shape index (κ3) is 19.6. The number of ether oxygens (including phenoxy) is 2. The van der Waals surface area contributed by atoms with Crippen molar-refractivity contribution < 1.29 is 49.4 Å². The zero-order valence-electron chi connectivity index (χ0n) is 35.9. The van der Waals surface area contributed by atoms with Crippen molar-refractivity contribution in [2.24, 2.45) is 9.98 Å². The number of hydrogen-bond acceptors (Lipinski definition) is 8. The molecule has 67 heavy (non-hydrogen) atoms. The molecule has 4 aromatic carbocycles. The smallest absolute Gasteiger partial charge is 0.337 e. The average molecular weight is 1400 g/mol. The molecule has 14 nitrogen and oxygen atoms in total. The van der Waals surface area contributed by atoms with E-state index in [-0.39, 0.29) is 90.4 Å². The van der Waals surface area contributed by atoms with Crippen molar-refractivity contribution >= 4 is 89.5 Å². The van der Waals surface area contributed by atoms with Crippen LogP contribution in [-0.4, -0.2) is 93.3 Å². The summed E-state index contributed by atoms with van der Waals surface area (Å²) in [5.41, 5.74) is -0.635. The molecule has 0 amide bonds. The van der Waals surface area contributed by atoms with Crippen molar-refractivity contribution in [2.75, 3.05) is 42.4 Å². The number of aromatic nitrogens is 4. The Balaban J connectivity index is -0.000000974. The van der Waals surface area contributed by atoms with E-state index in [0.29, 0.717) is 18.8 Å². The summed E-state index contributed by atoms with van der Waals surface area (Å²) in [7, 11) is 13.9. The Morgan fingerprint density at radius 2 is 1.10 bits per heavy atom. The number of methoxy groups -OCH3 is 2. The second kappa shape index (κ2) is 32.3. The van der Waals surface area contributed by atoms with Gasteiger partial charge < -0.3 is 19.3 Å². The monoisotopic (exact) mass is 1400 g/mol. The Morgan fingerprint density at radius 1 is 0.687 bits per heavy atom. The van der Waals surface area contributed by atoms with Crippen LogP contribution in [0.3, 0.4) is 0 Å². The van der Waals surface area contributed by atoms with E-state index in [0.717, 1.165) is 36.6 Å². The molecule has 0 aliphatic heterocycles. The van der Waals surface area contributed by atoms with Crippen LogP contribution in [0.2, 0.25) is 0 Å². The second-order valence-corrected chi connectivity index (χ2v) is 15.9. The van der Waals surface area contributed by atoms with Crippen molar-refractivity contribution in [3.63, 3.8) is 0 Å². The SMILES string of the molecule is C.C.C.C.CN(C)C=Nc1cc(=O)[nH]c(=O)n1-c1ccc(I)cc1F.COc1ccc(CCl)cc1.COc1ccc(Cn2c(=O)cc(N=CN(C)C)n(-c3ccc(I)cc3F)c2=O)cc1.[2H][B].[U]. The number of rotatable bonds is 11. The first-order valence-electron chi connectivity index (χ1n) is 18.5. The largest absolute Gasteiger partial charge is 0.497 e. The van der Waals surface area contributed by atoms with Crippen molar-refractivity contribution in [2.45, 2.75) is 42.1 Å². The summed E-state index contributed by atoms with van der Waals surface area (Å²) >= 11 is 9.54. The Hall–Kier alpha value is -4.49. The standard InChI is InChI=1S/C21H20FIN4O3.C13H12FIN4O2.C8H9ClO.4CH4.BH.U/c1-25(2)13-24-19-11-20(28)26(12-14-4-7-16(30-3)8-5-14)21(29)27(19)18-9-6-15(23)10-17(18)22;1-18(2)7-16-11-6-12(20)17-13(21)19(11)10-4-3-8(15)5-9(10)14;1-10-8-4-2-7(6-9)3-5-8;;;;;;/h4-11,13H,12H2,1-3H3;3-7H,1-2H3,(H,17,20,21);2-5H,6H2,1H3;4*1H4;1H;/i;;;;;;;1D;. The van der Waals surface area contributed by atoms with Gasteiger partial charge in [0.25, 0.3) is 11.1 Å². The third-order valence-electron chi connectivity index (χ3n) is 8.05. The Kier molecular flexibility index (Phi) is 31.1. The van der Waals surface area contributed by atoms with Crippen LogP contribution >= 0.6 is 56.8 Å². The first kappa shape index (κ1) is 64.6. The number of halogens is 5. The molecule has 1 N–H and O–H groups in total. The number of hydrogen-bond donors (Lipinski definition) is 1. The molecule has 0 aliphatic carbocycles. The fraction of sp³-hybridized carbons (Fsp3) is 0.261. The van der Waals surface area contributed by atoms with Gasteiger partial charge in [-0.05, 0) is 118 Å². The van der Waals surface area contributed by atoms with E-state index in [1.807, 2.05) is 69.4 Å². The van der Waals surface area contributed by atoms with Gasteiger partial charge in [-0.2, -0.15) is 0 Å². The molecule has 2 radical (unpaired) electrons. The van der Waals surface area contributed by atoms with E-state index in [1.165, 1.54) is 43.0 Å². The molecule has 21 heteroatoms. The summed E-state index contributed by atoms with van der Waals surface area (Å²) in [6.45, 7) is 0.0331. The van der Waals surface area contributed by atoms with Crippen molar-refractivity contribution in [3.8, 4) is 22.9 Å². The van der Waals surface area contributed by atoms with Gasteiger partial charge in [-0.25, -0.2) is 37.5 Å². The summed E-state index contributed by atoms with van der Waals surface area (Å²) in [5, 5.41) is 0. The van der Waals surface area contributed by atoms with Gasteiger partial charge in [-0.3, -0.25) is 19.1 Å². The summed E-state index contributed by atoms with van der Waals surface area (Å²) in [5.74, 6) is 1.04. The molecule has 6 aromatic rings. The number of nitrogens with zero attached hydrogens (tertiary/aromatic N) is 7. The maximum Gasteiger partial charge on any atom is 0.337 e. The summed E-state index contributed by atoms with van der Waals surface area (Å²) in [4.78, 5) is 63.0. The zero-order valence-corrected chi connectivity index (χ0v) is 44.1. The van der Waals surface area contributed by atoms with Crippen LogP contribution in [0.5, 0.6) is 11.5 Å². The molecule has 0 saturated heterocycles. The molecule has 0 atom stereocenters. The number of nitrogens with one attached hydrogen (secondary N) is 1. The maximum absolute atomic E-state index is 14.7. The number of alkyl halides is 1. The quantitative estimate of drug-likeness (QED) is 0.0445. The van der Waals surface area contributed by atoms with E-state index in [9.17, 15) is 28.0 Å². The van der Waals surface area contributed by atoms with Crippen LogP contribution in [0.4, 0.5) is 20.4 Å². The zero-order chi connectivity index (χ0) is 46.8. The summed E-state index contributed by atoms with van der Waals surface area (Å²) in [6.07, 6.45) is 2.87. The molecular formula is C46H58BClF2I2N8O6U. The second-order valence-electron chi connectivity index (χ2n) is 13.1. The van der Waals surface area contributed by atoms with Gasteiger partial charge in [0.1, 0.15) is 34.8 Å². The van der Waals surface area contributed by atoms with Gasteiger partial charge in [0.05, 0.1) is 44.8 Å². The van der Waals surface area contributed by atoms with Crippen LogP contribution in [0.1, 0.15) is 40.8 Å². The van der Waals surface area contributed by atoms with Crippen LogP contribution in [0, 0.1) is 49.9 Å². The molecule has 0 unspecified atom stereocenters. The molecule has 0 spiro atoms. The Labute approximate surface area is 450 Å². The van der Waals surface area contributed by atoms with Gasteiger partial charge in [0.15, 0.2) is 0 Å². The summed E-state index contributed by atoms with van der Waals surface area (Å²) < 4.78 is 48.7. The minimum absolute atomic E-state index is 0. The fourth-order valence-electron chi connectivity index (χ4n) is 5.15. The van der Waals surface area contributed by atoms with Crippen molar-refractivity contribution in [3.05, 3.63) is 169 Å². The summed E-state index contributed by atoms with van der Waals surface area (Å²) in [6, 6.07) is 26.0. The predicted octanol–water partition coefficient (Wildman–Crippen LogP) is 8.84. The number of benzene rings is 4. The van der Waals surface area contributed by atoms with Crippen molar-refractivity contribution in [1.29, 1.82) is 1.34 Å². The first-order chi connectivity index (χ1) is 30.0. The van der Waals surface area contributed by atoms with Gasteiger partial charge in [-0.15, -0.1) is 11.6 Å². The van der Waals surface area contributed by atoms with Gasteiger partial charge in [-0.1, -0.05) is 54.0 Å². The van der Waals surface area contributed by atoms with Crippen LogP contribution in [-0.2, 0) is 12.4 Å². The molecular weight excluding hydrogens is 1340 g/mol. The maximum atomic E-state index is 14.7. The topological polar surface area (TPSA) is 149 Å². The average Bonchev–Trinajstić information content (AvgIpc) is 3.25. The minimum Gasteiger partial charge on any atom is -0.497 e. The van der Waals surface area contributed by atoms with Crippen LogP contribution in [0.15, 0.2) is 126 Å². The number of H-pyrrole nitrogens is 1. The van der Waals surface area contributed by atoms with Crippen LogP contribution in [0.25, 0.3) is 11.4 Å². The molecule has 2 heterocycles.